The molecule has 0 aromatic heterocycles. The first-order chi connectivity index (χ1) is 12.5. The third kappa shape index (κ3) is 4.80. The summed E-state index contributed by atoms with van der Waals surface area (Å²) in [4.78, 5) is 13.4. The van der Waals surface area contributed by atoms with E-state index in [0.717, 1.165) is 16.2 Å². The van der Waals surface area contributed by atoms with Crippen LogP contribution in [0.4, 0.5) is 0 Å². The van der Waals surface area contributed by atoms with Crippen LogP contribution in [0.15, 0.2) is 53.4 Å². The third-order valence-electron chi connectivity index (χ3n) is 4.20. The number of carbonyl (C=O) groups is 1. The molecule has 1 unspecified atom stereocenters. The van der Waals surface area contributed by atoms with Crippen LogP contribution >= 0.6 is 11.8 Å². The molecule has 1 N–H and O–H groups in total. The lowest BCUT2D eigenvalue weighted by molar-refractivity contribution is 0.0948. The van der Waals surface area contributed by atoms with Gasteiger partial charge in [0.25, 0.3) is 5.91 Å². The lowest BCUT2D eigenvalue weighted by atomic mass is 10.2. The van der Waals surface area contributed by atoms with E-state index in [-0.39, 0.29) is 22.7 Å². The van der Waals surface area contributed by atoms with E-state index >= 15 is 0 Å². The fourth-order valence-corrected chi connectivity index (χ4v) is 6.48. The second-order valence-corrected chi connectivity index (χ2v) is 9.74. The maximum Gasteiger partial charge on any atom is 0.252 e. The lowest BCUT2D eigenvalue weighted by Crippen LogP contribution is -2.23. The average molecular weight is 392 g/mol. The zero-order valence-corrected chi connectivity index (χ0v) is 16.1. The van der Waals surface area contributed by atoms with E-state index in [4.69, 9.17) is 4.74 Å². The summed E-state index contributed by atoms with van der Waals surface area (Å²) >= 11 is 1.48. The number of ether oxygens (including phenoxy) is 1. The molecule has 0 spiro atoms. The van der Waals surface area contributed by atoms with Gasteiger partial charge < -0.3 is 10.1 Å². The van der Waals surface area contributed by atoms with Crippen LogP contribution in [-0.4, -0.2) is 38.2 Å². The molecule has 7 heteroatoms. The number of thioether (sulfide) groups is 1. The van der Waals surface area contributed by atoms with Gasteiger partial charge >= 0.3 is 0 Å². The predicted molar refractivity (Wildman–Crippen MR) is 104 cm³/mol. The molecule has 1 amide bonds. The van der Waals surface area contributed by atoms with Crippen molar-refractivity contribution in [3.63, 3.8) is 0 Å². The van der Waals surface area contributed by atoms with E-state index in [1.807, 2.05) is 42.5 Å². The highest BCUT2D eigenvalue weighted by Gasteiger charge is 2.29. The highest BCUT2D eigenvalue weighted by Crippen LogP contribution is 2.33. The molecule has 2 aromatic carbocycles. The molecule has 5 nitrogen and oxygen atoms in total. The Labute approximate surface area is 158 Å². The molecule has 2 aromatic rings. The van der Waals surface area contributed by atoms with Gasteiger partial charge in [-0.1, -0.05) is 24.3 Å². The molecule has 1 saturated heterocycles. The van der Waals surface area contributed by atoms with Crippen LogP contribution in [-0.2, 0) is 16.4 Å². The van der Waals surface area contributed by atoms with Gasteiger partial charge in [0.2, 0.25) is 0 Å². The standard InChI is InChI=1S/C19H21NO4S2/c1-24-15-6-4-5-14(11-15)12-20-19(21)17-7-2-3-8-18(17)25-16-9-10-26(22,23)13-16/h2-8,11,16H,9-10,12-13H2,1H3,(H,20,21). The first-order valence-corrected chi connectivity index (χ1v) is 11.0. The Morgan fingerprint density at radius 2 is 2.04 bits per heavy atom. The van der Waals surface area contributed by atoms with E-state index < -0.39 is 9.84 Å². The zero-order valence-electron chi connectivity index (χ0n) is 14.5. The summed E-state index contributed by atoms with van der Waals surface area (Å²) < 4.78 is 28.5. The fourth-order valence-electron chi connectivity index (χ4n) is 2.85. The molecule has 1 aliphatic rings. The summed E-state index contributed by atoms with van der Waals surface area (Å²) in [5.41, 5.74) is 1.52. The summed E-state index contributed by atoms with van der Waals surface area (Å²) in [6.45, 7) is 0.396. The van der Waals surface area contributed by atoms with E-state index in [2.05, 4.69) is 5.32 Å². The topological polar surface area (TPSA) is 72.5 Å². The Bertz CT molecular complexity index is 896. The number of rotatable bonds is 6. The molecule has 0 saturated carbocycles. The number of methoxy groups -OCH3 is 1. The zero-order chi connectivity index (χ0) is 18.6. The van der Waals surface area contributed by atoms with Gasteiger partial charge in [-0.25, -0.2) is 8.42 Å². The number of hydrogen-bond acceptors (Lipinski definition) is 5. The van der Waals surface area contributed by atoms with Crippen LogP contribution in [0.25, 0.3) is 0 Å². The van der Waals surface area contributed by atoms with Crippen LogP contribution in [0.5, 0.6) is 5.75 Å². The molecule has 1 aliphatic heterocycles. The third-order valence-corrected chi connectivity index (χ3v) is 7.53. The fraction of sp³-hybridized carbons (Fsp3) is 0.316. The van der Waals surface area contributed by atoms with Crippen LogP contribution in [0.1, 0.15) is 22.3 Å². The minimum absolute atomic E-state index is 0.00679. The van der Waals surface area contributed by atoms with Gasteiger partial charge in [0.05, 0.1) is 24.2 Å². The first-order valence-electron chi connectivity index (χ1n) is 8.34. The van der Waals surface area contributed by atoms with Crippen molar-refractivity contribution in [1.82, 2.24) is 5.32 Å². The van der Waals surface area contributed by atoms with Crippen LogP contribution in [0.3, 0.4) is 0 Å². The van der Waals surface area contributed by atoms with E-state index in [9.17, 15) is 13.2 Å². The van der Waals surface area contributed by atoms with Crippen LogP contribution in [0.2, 0.25) is 0 Å². The SMILES string of the molecule is COc1cccc(CNC(=O)c2ccccc2SC2CCS(=O)(=O)C2)c1. The van der Waals surface area contributed by atoms with E-state index in [0.29, 0.717) is 18.5 Å². The largest absolute Gasteiger partial charge is 0.497 e. The molecular formula is C19H21NO4S2. The number of benzene rings is 2. The lowest BCUT2D eigenvalue weighted by Gasteiger charge is -2.13. The Balaban J connectivity index is 1.67. The van der Waals surface area contributed by atoms with Crippen molar-refractivity contribution >= 4 is 27.5 Å². The van der Waals surface area contributed by atoms with Gasteiger partial charge in [-0.15, -0.1) is 11.8 Å². The maximum absolute atomic E-state index is 12.6. The number of carbonyl (C=O) groups excluding carboxylic acids is 1. The Morgan fingerprint density at radius 1 is 1.23 bits per heavy atom. The molecule has 0 radical (unpaired) electrons. The quantitative estimate of drug-likeness (QED) is 0.820. The van der Waals surface area contributed by atoms with Gasteiger partial charge in [0.15, 0.2) is 9.84 Å². The molecule has 3 rings (SSSR count). The summed E-state index contributed by atoms with van der Waals surface area (Å²) in [5, 5.41) is 2.93. The first kappa shape index (κ1) is 18.8. The molecule has 1 atom stereocenters. The van der Waals surface area contributed by atoms with Crippen molar-refractivity contribution in [1.29, 1.82) is 0 Å². The minimum Gasteiger partial charge on any atom is -0.497 e. The van der Waals surface area contributed by atoms with Crippen molar-refractivity contribution in [2.75, 3.05) is 18.6 Å². The Morgan fingerprint density at radius 3 is 2.77 bits per heavy atom. The second kappa shape index (κ2) is 8.14. The Kier molecular flexibility index (Phi) is 5.88. The summed E-state index contributed by atoms with van der Waals surface area (Å²) in [6.07, 6.45) is 0.632. The van der Waals surface area contributed by atoms with Crippen LogP contribution in [0, 0.1) is 0 Å². The normalized spacial score (nSPS) is 18.4. The highest BCUT2D eigenvalue weighted by molar-refractivity contribution is 8.02. The van der Waals surface area contributed by atoms with Gasteiger partial charge in [-0.3, -0.25) is 4.79 Å². The van der Waals surface area contributed by atoms with Crippen molar-refractivity contribution in [3.05, 3.63) is 59.7 Å². The summed E-state index contributed by atoms with van der Waals surface area (Å²) in [6, 6.07) is 14.9. The Hall–Kier alpha value is -1.99. The minimum atomic E-state index is -2.93. The van der Waals surface area contributed by atoms with Gasteiger partial charge in [0.1, 0.15) is 5.75 Å². The molecule has 1 heterocycles. The van der Waals surface area contributed by atoms with Gasteiger partial charge in [-0.2, -0.15) is 0 Å². The van der Waals surface area contributed by atoms with Crippen molar-refractivity contribution in [2.45, 2.75) is 23.1 Å². The van der Waals surface area contributed by atoms with Crippen molar-refractivity contribution < 1.29 is 17.9 Å². The molecular weight excluding hydrogens is 370 g/mol. The van der Waals surface area contributed by atoms with E-state index in [1.54, 1.807) is 13.2 Å². The molecule has 138 valence electrons. The summed E-state index contributed by atoms with van der Waals surface area (Å²) in [7, 11) is -1.33. The summed E-state index contributed by atoms with van der Waals surface area (Å²) in [5.74, 6) is 0.985. The number of amides is 1. The molecule has 26 heavy (non-hydrogen) atoms. The van der Waals surface area contributed by atoms with Gasteiger partial charge in [0, 0.05) is 16.7 Å². The van der Waals surface area contributed by atoms with Crippen molar-refractivity contribution in [3.8, 4) is 5.75 Å². The molecule has 1 fully saturated rings. The predicted octanol–water partition coefficient (Wildman–Crippen LogP) is 2.90. The smallest absolute Gasteiger partial charge is 0.252 e. The average Bonchev–Trinajstić information content (AvgIpc) is 2.98. The highest BCUT2D eigenvalue weighted by atomic mass is 32.2. The molecule has 0 aliphatic carbocycles. The second-order valence-electron chi connectivity index (χ2n) is 6.17. The molecule has 0 bridgehead atoms. The van der Waals surface area contributed by atoms with Gasteiger partial charge in [-0.05, 0) is 36.2 Å². The monoisotopic (exact) mass is 391 g/mol. The number of hydrogen-bond donors (Lipinski definition) is 1. The number of sulfone groups is 1. The maximum atomic E-state index is 12.6. The van der Waals surface area contributed by atoms with Crippen LogP contribution < -0.4 is 10.1 Å². The van der Waals surface area contributed by atoms with Crippen molar-refractivity contribution in [2.24, 2.45) is 0 Å². The number of nitrogens with one attached hydrogen (secondary N) is 1. The van der Waals surface area contributed by atoms with E-state index in [1.165, 1.54) is 11.8 Å².